The molecule has 9 atom stereocenters. The SMILES string of the molecule is CCCCCCCCCC[C@H]1OC(CO)C(C2(O)OC(CNCCNCCN)C(C)(C)[C@H](O)[C@H]2O)[C@H](O)[C@H]1O. The highest BCUT2D eigenvalue weighted by atomic mass is 16.7. The summed E-state index contributed by atoms with van der Waals surface area (Å²) in [5, 5.41) is 72.4. The zero-order valence-electron chi connectivity index (χ0n) is 24.3. The van der Waals surface area contributed by atoms with Crippen LogP contribution in [0.2, 0.25) is 0 Å². The van der Waals surface area contributed by atoms with Gasteiger partial charge in [-0.15, -0.1) is 0 Å². The highest BCUT2D eigenvalue weighted by molar-refractivity contribution is 5.08. The third-order valence-electron chi connectivity index (χ3n) is 8.62. The molecule has 0 radical (unpaired) electrons. The molecule has 2 rings (SSSR count). The van der Waals surface area contributed by atoms with Crippen LogP contribution in [0.4, 0.5) is 0 Å². The first-order valence-electron chi connectivity index (χ1n) is 15.1. The van der Waals surface area contributed by atoms with Crippen LogP contribution in [0, 0.1) is 11.3 Å². The Morgan fingerprint density at radius 1 is 0.795 bits per heavy atom. The number of nitrogens with one attached hydrogen (secondary N) is 2. The summed E-state index contributed by atoms with van der Waals surface area (Å²) in [4.78, 5) is 0. The van der Waals surface area contributed by atoms with Gasteiger partial charge in [-0.1, -0.05) is 72.1 Å². The number of nitrogens with two attached hydrogens (primary N) is 1. The Bertz CT molecular complexity index is 673. The molecular formula is C28H57N3O8. The molecule has 10 N–H and O–H groups in total. The van der Waals surface area contributed by atoms with Crippen LogP contribution < -0.4 is 16.4 Å². The number of hydrogen-bond donors (Lipinski definition) is 9. The summed E-state index contributed by atoms with van der Waals surface area (Å²) < 4.78 is 12.0. The number of unbranched alkanes of at least 4 members (excludes halogenated alkanes) is 7. The van der Waals surface area contributed by atoms with Crippen LogP contribution in [0.5, 0.6) is 0 Å². The van der Waals surface area contributed by atoms with E-state index in [4.69, 9.17) is 15.2 Å². The Labute approximate surface area is 234 Å². The topological polar surface area (TPSA) is 190 Å². The summed E-state index contributed by atoms with van der Waals surface area (Å²) in [5.74, 6) is -3.85. The van der Waals surface area contributed by atoms with Crippen molar-refractivity contribution < 1.29 is 40.1 Å². The fraction of sp³-hybridized carbons (Fsp3) is 1.00. The van der Waals surface area contributed by atoms with Crippen molar-refractivity contribution in [1.82, 2.24) is 10.6 Å². The second-order valence-corrected chi connectivity index (χ2v) is 12.0. The molecule has 0 aromatic carbocycles. The Morgan fingerprint density at radius 3 is 2.03 bits per heavy atom. The fourth-order valence-corrected chi connectivity index (χ4v) is 5.92. The van der Waals surface area contributed by atoms with Gasteiger partial charge in [-0.25, -0.2) is 0 Å². The van der Waals surface area contributed by atoms with Crippen molar-refractivity contribution >= 4 is 0 Å². The summed E-state index contributed by atoms with van der Waals surface area (Å²) in [5.41, 5.74) is 4.53. The highest BCUT2D eigenvalue weighted by Gasteiger charge is 2.64. The molecule has 2 fully saturated rings. The average molecular weight is 564 g/mol. The van der Waals surface area contributed by atoms with E-state index in [-0.39, 0.29) is 6.54 Å². The van der Waals surface area contributed by atoms with Crippen LogP contribution in [-0.2, 0) is 9.47 Å². The normalized spacial score (nSPS) is 36.8. The van der Waals surface area contributed by atoms with Crippen molar-refractivity contribution in [3.05, 3.63) is 0 Å². The van der Waals surface area contributed by atoms with Crippen LogP contribution in [-0.4, -0.2) is 118 Å². The predicted molar refractivity (Wildman–Crippen MR) is 149 cm³/mol. The van der Waals surface area contributed by atoms with Crippen molar-refractivity contribution in [2.45, 2.75) is 127 Å². The number of aliphatic hydroxyl groups is 6. The zero-order valence-corrected chi connectivity index (χ0v) is 24.3. The maximum atomic E-state index is 11.7. The monoisotopic (exact) mass is 563 g/mol. The summed E-state index contributed by atoms with van der Waals surface area (Å²) in [7, 11) is 0. The molecule has 2 aliphatic heterocycles. The van der Waals surface area contributed by atoms with Crippen molar-refractivity contribution in [3.8, 4) is 0 Å². The summed E-state index contributed by atoms with van der Waals surface area (Å²) >= 11 is 0. The van der Waals surface area contributed by atoms with Gasteiger partial charge in [-0.3, -0.25) is 0 Å². The first-order chi connectivity index (χ1) is 18.6. The molecule has 11 heteroatoms. The number of aliphatic hydroxyl groups excluding tert-OH is 5. The van der Waals surface area contributed by atoms with Gasteiger partial charge in [0, 0.05) is 38.1 Å². The van der Waals surface area contributed by atoms with Gasteiger partial charge in [-0.05, 0) is 6.42 Å². The van der Waals surface area contributed by atoms with Crippen molar-refractivity contribution in [3.63, 3.8) is 0 Å². The van der Waals surface area contributed by atoms with E-state index in [1.807, 2.05) is 0 Å². The van der Waals surface area contributed by atoms with Crippen LogP contribution in [0.15, 0.2) is 0 Å². The molecule has 232 valence electrons. The molecule has 0 bridgehead atoms. The van der Waals surface area contributed by atoms with Crippen molar-refractivity contribution in [2.75, 3.05) is 39.3 Å². The second kappa shape index (κ2) is 16.9. The van der Waals surface area contributed by atoms with Crippen molar-refractivity contribution in [1.29, 1.82) is 0 Å². The highest BCUT2D eigenvalue weighted by Crippen LogP contribution is 2.47. The first-order valence-corrected chi connectivity index (χ1v) is 15.1. The minimum atomic E-state index is -2.46. The van der Waals surface area contributed by atoms with Gasteiger partial charge in [0.25, 0.3) is 0 Å². The van der Waals surface area contributed by atoms with Gasteiger partial charge < -0.3 is 56.5 Å². The molecule has 2 heterocycles. The molecule has 0 aromatic rings. The van der Waals surface area contributed by atoms with Gasteiger partial charge in [0.15, 0.2) is 0 Å². The lowest BCUT2D eigenvalue weighted by molar-refractivity contribution is -0.401. The minimum absolute atomic E-state index is 0.250. The lowest BCUT2D eigenvalue weighted by Gasteiger charge is -2.57. The summed E-state index contributed by atoms with van der Waals surface area (Å²) in [6.45, 7) is 7.79. The molecule has 4 unspecified atom stereocenters. The third-order valence-corrected chi connectivity index (χ3v) is 8.62. The fourth-order valence-electron chi connectivity index (χ4n) is 5.92. The average Bonchev–Trinajstić information content (AvgIpc) is 2.91. The number of ether oxygens (including phenoxy) is 2. The molecule has 2 aliphatic rings. The quantitative estimate of drug-likeness (QED) is 0.0986. The van der Waals surface area contributed by atoms with Crippen LogP contribution in [0.1, 0.15) is 78.6 Å². The van der Waals surface area contributed by atoms with E-state index in [0.717, 1.165) is 19.3 Å². The minimum Gasteiger partial charge on any atom is -0.394 e. The van der Waals surface area contributed by atoms with Gasteiger partial charge >= 0.3 is 0 Å². The van der Waals surface area contributed by atoms with E-state index < -0.39 is 66.5 Å². The number of hydrogen-bond acceptors (Lipinski definition) is 11. The van der Waals surface area contributed by atoms with E-state index >= 15 is 0 Å². The van der Waals surface area contributed by atoms with Crippen molar-refractivity contribution in [2.24, 2.45) is 17.1 Å². The third kappa shape index (κ3) is 9.02. The Morgan fingerprint density at radius 2 is 1.41 bits per heavy atom. The molecular weight excluding hydrogens is 506 g/mol. The summed E-state index contributed by atoms with van der Waals surface area (Å²) in [6.07, 6.45) is 0.783. The van der Waals surface area contributed by atoms with E-state index in [9.17, 15) is 30.6 Å². The number of rotatable bonds is 18. The summed E-state index contributed by atoms with van der Waals surface area (Å²) in [6, 6.07) is 0. The molecule has 39 heavy (non-hydrogen) atoms. The van der Waals surface area contributed by atoms with Crippen LogP contribution in [0.25, 0.3) is 0 Å². The Kier molecular flexibility index (Phi) is 15.0. The maximum Gasteiger partial charge on any atom is 0.203 e. The Hall–Kier alpha value is -0.440. The van der Waals surface area contributed by atoms with Gasteiger partial charge in [0.05, 0.1) is 43.0 Å². The molecule has 0 saturated carbocycles. The van der Waals surface area contributed by atoms with Gasteiger partial charge in [0.2, 0.25) is 5.79 Å². The maximum absolute atomic E-state index is 11.7. The Balaban J connectivity index is 2.04. The smallest absolute Gasteiger partial charge is 0.203 e. The molecule has 11 nitrogen and oxygen atoms in total. The molecule has 2 saturated heterocycles. The molecule has 0 aromatic heterocycles. The largest absolute Gasteiger partial charge is 0.394 e. The molecule has 0 aliphatic carbocycles. The second-order valence-electron chi connectivity index (χ2n) is 12.0. The van der Waals surface area contributed by atoms with E-state index in [1.165, 1.54) is 32.1 Å². The van der Waals surface area contributed by atoms with Crippen LogP contribution in [0.3, 0.4) is 0 Å². The standard InChI is InChI=1S/C28H57N3O8/c1-4-5-6-7-8-9-10-11-12-19-23(33)24(34)22(20(18-32)38-19)28(37)26(36)25(35)27(2,3)21(39-28)17-31-16-15-30-14-13-29/h19-26,30-37H,4-18,29H2,1-3H3/t19-,20?,21?,22?,23+,24+,25-,26-,28?/m1/s1. The van der Waals surface area contributed by atoms with E-state index in [2.05, 4.69) is 17.6 Å². The molecule has 0 spiro atoms. The lowest BCUT2D eigenvalue weighted by atomic mass is 9.68. The predicted octanol–water partition coefficient (Wildman–Crippen LogP) is -0.412. The van der Waals surface area contributed by atoms with E-state index in [1.54, 1.807) is 13.8 Å². The van der Waals surface area contributed by atoms with Gasteiger partial charge in [-0.2, -0.15) is 0 Å². The van der Waals surface area contributed by atoms with Gasteiger partial charge in [0.1, 0.15) is 12.2 Å². The lowest BCUT2D eigenvalue weighted by Crippen LogP contribution is -2.74. The first kappa shape index (κ1) is 34.8. The van der Waals surface area contributed by atoms with Crippen LogP contribution >= 0.6 is 0 Å². The molecule has 0 amide bonds. The van der Waals surface area contributed by atoms with E-state index in [0.29, 0.717) is 32.6 Å². The zero-order chi connectivity index (χ0) is 29.1.